The van der Waals surface area contributed by atoms with Crippen LogP contribution in [0.4, 0.5) is 10.0 Å². The summed E-state index contributed by atoms with van der Waals surface area (Å²) in [6.45, 7) is 4.22. The molecule has 7 heteroatoms. The Labute approximate surface area is 141 Å². The summed E-state index contributed by atoms with van der Waals surface area (Å²) >= 11 is 0.732. The van der Waals surface area contributed by atoms with E-state index in [1.165, 1.54) is 0 Å². The summed E-state index contributed by atoms with van der Waals surface area (Å²) in [6, 6.07) is 0. The zero-order valence-corrected chi connectivity index (χ0v) is 14.8. The molecular weight excluding hydrogens is 316 g/mol. The molecule has 0 aliphatic heterocycles. The normalized spacial score (nSPS) is 10.9. The number of rotatable bonds is 12. The van der Waals surface area contributed by atoms with E-state index in [1.54, 1.807) is 0 Å². The Hall–Kier alpha value is -1.50. The van der Waals surface area contributed by atoms with E-state index in [0.29, 0.717) is 24.0 Å². The molecule has 0 aromatic carbocycles. The molecule has 0 bridgehead atoms. The van der Waals surface area contributed by atoms with Crippen molar-refractivity contribution in [2.75, 3.05) is 0 Å². The van der Waals surface area contributed by atoms with Crippen molar-refractivity contribution in [1.29, 1.82) is 0 Å². The maximum absolute atomic E-state index is 11.3. The van der Waals surface area contributed by atoms with E-state index in [0.717, 1.165) is 62.7 Å². The molecule has 1 heterocycles. The lowest BCUT2D eigenvalue weighted by atomic mass is 9.99. The Morgan fingerprint density at radius 3 is 1.43 bits per heavy atom. The van der Waals surface area contributed by atoms with Crippen molar-refractivity contribution in [3.05, 3.63) is 31.4 Å². The molecule has 1 aromatic heterocycles. The highest BCUT2D eigenvalue weighted by molar-refractivity contribution is 7.18. The summed E-state index contributed by atoms with van der Waals surface area (Å²) in [5.41, 5.74) is 1.22. The van der Waals surface area contributed by atoms with Gasteiger partial charge in [0.05, 0.1) is 21.0 Å². The number of hydrogen-bond donors (Lipinski definition) is 0. The van der Waals surface area contributed by atoms with Crippen LogP contribution in [0.5, 0.6) is 0 Å². The molecule has 6 nitrogen and oxygen atoms in total. The van der Waals surface area contributed by atoms with Crippen molar-refractivity contribution in [2.45, 2.75) is 78.1 Å². The van der Waals surface area contributed by atoms with Gasteiger partial charge in [-0.2, -0.15) is 0 Å². The van der Waals surface area contributed by atoms with Gasteiger partial charge in [-0.25, -0.2) is 0 Å². The molecule has 1 aromatic rings. The van der Waals surface area contributed by atoms with Gasteiger partial charge >= 0.3 is 10.0 Å². The molecule has 0 aliphatic carbocycles. The topological polar surface area (TPSA) is 86.3 Å². The Morgan fingerprint density at radius 2 is 1.13 bits per heavy atom. The molecule has 0 amide bonds. The monoisotopic (exact) mass is 342 g/mol. The van der Waals surface area contributed by atoms with Gasteiger partial charge in [-0.05, 0) is 25.7 Å². The largest absolute Gasteiger partial charge is 0.333 e. The molecule has 0 radical (unpaired) electrons. The molecule has 0 fully saturated rings. The molecule has 0 unspecified atom stereocenters. The first-order valence-electron chi connectivity index (χ1n) is 8.46. The standard InChI is InChI=1S/C16H26N2O4S/c1-3-5-7-9-11-13-14(12-10-8-6-4-2)16(18(21)22)23-15(13)17(19)20/h3-12H2,1-2H3. The van der Waals surface area contributed by atoms with Gasteiger partial charge in [0.1, 0.15) is 0 Å². The summed E-state index contributed by atoms with van der Waals surface area (Å²) in [7, 11) is 0. The van der Waals surface area contributed by atoms with Gasteiger partial charge < -0.3 is 0 Å². The fourth-order valence-electron chi connectivity index (χ4n) is 2.74. The van der Waals surface area contributed by atoms with E-state index >= 15 is 0 Å². The Morgan fingerprint density at radius 1 is 0.739 bits per heavy atom. The molecule has 0 saturated carbocycles. The predicted molar refractivity (Wildman–Crippen MR) is 93.3 cm³/mol. The molecule has 1 rings (SSSR count). The maximum Gasteiger partial charge on any atom is 0.333 e. The second-order valence-electron chi connectivity index (χ2n) is 5.81. The van der Waals surface area contributed by atoms with E-state index in [1.807, 2.05) is 0 Å². The summed E-state index contributed by atoms with van der Waals surface area (Å²) < 4.78 is 0. The van der Waals surface area contributed by atoms with E-state index in [9.17, 15) is 20.2 Å². The number of unbranched alkanes of at least 4 members (excludes halogenated alkanes) is 6. The third-order valence-electron chi connectivity index (χ3n) is 3.97. The van der Waals surface area contributed by atoms with Crippen molar-refractivity contribution in [3.8, 4) is 0 Å². The molecule has 0 spiro atoms. The minimum absolute atomic E-state index is 0.0290. The first kappa shape index (κ1) is 19.5. The Balaban J connectivity index is 2.98. The van der Waals surface area contributed by atoms with E-state index < -0.39 is 9.85 Å². The fourth-order valence-corrected chi connectivity index (χ4v) is 3.77. The average molecular weight is 342 g/mol. The van der Waals surface area contributed by atoms with Crippen molar-refractivity contribution in [3.63, 3.8) is 0 Å². The number of thiophene rings is 1. The van der Waals surface area contributed by atoms with Crippen LogP contribution in [0.2, 0.25) is 0 Å². The van der Waals surface area contributed by atoms with Crippen LogP contribution in [-0.2, 0) is 12.8 Å². The van der Waals surface area contributed by atoms with Gasteiger partial charge in [0, 0.05) is 11.3 Å². The fraction of sp³-hybridized carbons (Fsp3) is 0.750. The van der Waals surface area contributed by atoms with Crippen LogP contribution in [0.25, 0.3) is 0 Å². The van der Waals surface area contributed by atoms with E-state index in [4.69, 9.17) is 0 Å². The molecule has 0 N–H and O–H groups in total. The Kier molecular flexibility index (Phi) is 8.76. The predicted octanol–water partition coefficient (Wildman–Crippen LogP) is 5.81. The lowest BCUT2D eigenvalue weighted by Gasteiger charge is -2.04. The van der Waals surface area contributed by atoms with Gasteiger partial charge in [0.2, 0.25) is 0 Å². The first-order valence-corrected chi connectivity index (χ1v) is 9.27. The van der Waals surface area contributed by atoms with Crippen molar-refractivity contribution in [2.24, 2.45) is 0 Å². The Bertz CT molecular complexity index is 484. The van der Waals surface area contributed by atoms with E-state index in [-0.39, 0.29) is 10.0 Å². The molecule has 0 atom stereocenters. The van der Waals surface area contributed by atoms with Gasteiger partial charge in [-0.3, -0.25) is 20.2 Å². The highest BCUT2D eigenvalue weighted by Crippen LogP contribution is 2.42. The van der Waals surface area contributed by atoms with Crippen LogP contribution >= 0.6 is 11.3 Å². The summed E-state index contributed by atoms with van der Waals surface area (Å²) in [5, 5.41) is 22.5. The SMILES string of the molecule is CCCCCCc1c([N+](=O)[O-])sc([N+](=O)[O-])c1CCCCCC. The van der Waals surface area contributed by atoms with Crippen LogP contribution in [0.15, 0.2) is 0 Å². The average Bonchev–Trinajstić information content (AvgIpc) is 2.87. The summed E-state index contributed by atoms with van der Waals surface area (Å²) in [6.07, 6.45) is 9.23. The second-order valence-corrected chi connectivity index (χ2v) is 6.78. The van der Waals surface area contributed by atoms with Crippen molar-refractivity contribution in [1.82, 2.24) is 0 Å². The highest BCUT2D eigenvalue weighted by atomic mass is 32.1. The van der Waals surface area contributed by atoms with Crippen LogP contribution in [0.1, 0.15) is 76.3 Å². The van der Waals surface area contributed by atoms with Crippen LogP contribution in [0, 0.1) is 20.2 Å². The van der Waals surface area contributed by atoms with Crippen LogP contribution in [-0.4, -0.2) is 9.85 Å². The molecule has 130 valence electrons. The lowest BCUT2D eigenvalue weighted by Crippen LogP contribution is -1.98. The van der Waals surface area contributed by atoms with Crippen LogP contribution < -0.4 is 0 Å². The zero-order valence-electron chi connectivity index (χ0n) is 14.0. The minimum atomic E-state index is -0.456. The highest BCUT2D eigenvalue weighted by Gasteiger charge is 2.31. The lowest BCUT2D eigenvalue weighted by molar-refractivity contribution is -0.383. The number of hydrogen-bond acceptors (Lipinski definition) is 5. The third kappa shape index (κ3) is 5.89. The summed E-state index contributed by atoms with van der Waals surface area (Å²) in [5.74, 6) is 0. The molecular formula is C16H26N2O4S. The van der Waals surface area contributed by atoms with Crippen molar-refractivity contribution >= 4 is 21.3 Å². The molecule has 0 saturated heterocycles. The molecule has 0 aliphatic rings. The first-order chi connectivity index (χ1) is 11.0. The van der Waals surface area contributed by atoms with Crippen molar-refractivity contribution < 1.29 is 9.85 Å². The van der Waals surface area contributed by atoms with Gasteiger partial charge in [-0.15, -0.1) is 0 Å². The molecule has 23 heavy (non-hydrogen) atoms. The quantitative estimate of drug-likeness (QED) is 0.272. The third-order valence-corrected chi connectivity index (χ3v) is 5.14. The van der Waals surface area contributed by atoms with Gasteiger partial charge in [-0.1, -0.05) is 52.4 Å². The number of nitro groups is 2. The van der Waals surface area contributed by atoms with Crippen LogP contribution in [0.3, 0.4) is 0 Å². The number of nitrogens with zero attached hydrogens (tertiary/aromatic N) is 2. The van der Waals surface area contributed by atoms with Gasteiger partial charge in [0.25, 0.3) is 0 Å². The summed E-state index contributed by atoms with van der Waals surface area (Å²) in [4.78, 5) is 21.6. The maximum atomic E-state index is 11.3. The van der Waals surface area contributed by atoms with Gasteiger partial charge in [0.15, 0.2) is 0 Å². The zero-order chi connectivity index (χ0) is 17.2. The van der Waals surface area contributed by atoms with E-state index in [2.05, 4.69) is 13.8 Å². The second kappa shape index (κ2) is 10.3. The minimum Gasteiger partial charge on any atom is -0.258 e. The smallest absolute Gasteiger partial charge is 0.258 e.